The maximum absolute atomic E-state index is 13.7. The second-order valence-electron chi connectivity index (χ2n) is 5.59. The molecule has 0 radical (unpaired) electrons. The molecule has 0 spiro atoms. The van der Waals surface area contributed by atoms with Crippen molar-refractivity contribution in [2.45, 2.75) is 44.1 Å². The molecule has 0 amide bonds. The lowest BCUT2D eigenvalue weighted by Gasteiger charge is -2.25. The Morgan fingerprint density at radius 1 is 1.25 bits per heavy atom. The molecule has 1 atom stereocenters. The van der Waals surface area contributed by atoms with Crippen molar-refractivity contribution in [2.24, 2.45) is 5.73 Å². The summed E-state index contributed by atoms with van der Waals surface area (Å²) in [6.07, 6.45) is 1.76. The summed E-state index contributed by atoms with van der Waals surface area (Å²) in [6.45, 7) is 2.78. The molecule has 2 N–H and O–H groups in total. The number of nitrogens with two attached hydrogens (primary N) is 1. The Kier molecular flexibility index (Phi) is 3.67. The summed E-state index contributed by atoms with van der Waals surface area (Å²) in [4.78, 5) is 0. The van der Waals surface area contributed by atoms with Crippen molar-refractivity contribution < 1.29 is 18.3 Å². The first-order valence-corrected chi connectivity index (χ1v) is 6.66. The van der Waals surface area contributed by atoms with Crippen LogP contribution in [0.1, 0.15) is 37.8 Å². The molecule has 1 aromatic rings. The van der Waals surface area contributed by atoms with Crippen LogP contribution in [0.2, 0.25) is 0 Å². The van der Waals surface area contributed by atoms with E-state index in [-0.39, 0.29) is 17.0 Å². The molecule has 1 fully saturated rings. The third-order valence-electron chi connectivity index (χ3n) is 4.18. The molecule has 1 aromatic carbocycles. The van der Waals surface area contributed by atoms with E-state index >= 15 is 0 Å². The first kappa shape index (κ1) is 15.0. The predicted octanol–water partition coefficient (Wildman–Crippen LogP) is 3.19. The van der Waals surface area contributed by atoms with Gasteiger partial charge >= 0.3 is 0 Å². The second-order valence-corrected chi connectivity index (χ2v) is 5.59. The van der Waals surface area contributed by atoms with Crippen LogP contribution in [0.4, 0.5) is 8.78 Å². The molecule has 112 valence electrons. The molecule has 1 aliphatic carbocycles. The largest absolute Gasteiger partial charge is 0.493 e. The highest BCUT2D eigenvalue weighted by molar-refractivity contribution is 5.56. The number of ether oxygens (including phenoxy) is 2. The van der Waals surface area contributed by atoms with Gasteiger partial charge in [0.2, 0.25) is 0 Å². The Morgan fingerprint density at radius 2 is 1.85 bits per heavy atom. The molecule has 0 aliphatic heterocycles. The maximum Gasteiger partial charge on any atom is 0.270 e. The van der Waals surface area contributed by atoms with Gasteiger partial charge in [-0.2, -0.15) is 0 Å². The van der Waals surface area contributed by atoms with Crippen LogP contribution >= 0.6 is 0 Å². The summed E-state index contributed by atoms with van der Waals surface area (Å²) in [5.74, 6) is -2.09. The average molecular weight is 285 g/mol. The zero-order chi connectivity index (χ0) is 15.1. The standard InChI is InChI=1S/C15H21F2NO2/c1-9(18)15(5-6-15)11-7-10(14(2,16)17)8-12(19-3)13(11)20-4/h7-9H,5-6,18H2,1-4H3. The number of rotatable bonds is 5. The highest BCUT2D eigenvalue weighted by Crippen LogP contribution is 2.56. The number of methoxy groups -OCH3 is 2. The zero-order valence-corrected chi connectivity index (χ0v) is 12.3. The van der Waals surface area contributed by atoms with Gasteiger partial charge in [-0.1, -0.05) is 0 Å². The monoisotopic (exact) mass is 285 g/mol. The van der Waals surface area contributed by atoms with Crippen LogP contribution in [0.3, 0.4) is 0 Å². The van der Waals surface area contributed by atoms with Crippen LogP contribution in [0.15, 0.2) is 12.1 Å². The summed E-state index contributed by atoms with van der Waals surface area (Å²) < 4.78 is 37.9. The average Bonchev–Trinajstić information content (AvgIpc) is 3.17. The predicted molar refractivity (Wildman–Crippen MR) is 73.7 cm³/mol. The minimum atomic E-state index is -2.93. The Bertz CT molecular complexity index is 505. The van der Waals surface area contributed by atoms with Gasteiger partial charge in [-0.3, -0.25) is 0 Å². The fourth-order valence-corrected chi connectivity index (χ4v) is 2.69. The van der Waals surface area contributed by atoms with E-state index in [2.05, 4.69) is 0 Å². The molecule has 0 heterocycles. The van der Waals surface area contributed by atoms with Gasteiger partial charge in [0.15, 0.2) is 11.5 Å². The molecular formula is C15H21F2NO2. The first-order valence-electron chi connectivity index (χ1n) is 6.66. The van der Waals surface area contributed by atoms with Crippen LogP contribution < -0.4 is 15.2 Å². The summed E-state index contributed by atoms with van der Waals surface area (Å²) in [5.41, 5.74) is 6.43. The lowest BCUT2D eigenvalue weighted by Crippen LogP contribution is -2.32. The summed E-state index contributed by atoms with van der Waals surface area (Å²) in [7, 11) is 2.97. The molecule has 1 saturated carbocycles. The van der Waals surface area contributed by atoms with Crippen LogP contribution in [-0.2, 0) is 11.3 Å². The van der Waals surface area contributed by atoms with Crippen molar-refractivity contribution in [3.63, 3.8) is 0 Å². The van der Waals surface area contributed by atoms with E-state index in [1.54, 1.807) is 0 Å². The summed E-state index contributed by atoms with van der Waals surface area (Å²) in [5, 5.41) is 0. The second kappa shape index (κ2) is 4.88. The molecule has 20 heavy (non-hydrogen) atoms. The minimum absolute atomic E-state index is 0.0722. The van der Waals surface area contributed by atoms with Gasteiger partial charge in [-0.15, -0.1) is 0 Å². The third kappa shape index (κ3) is 2.35. The van der Waals surface area contributed by atoms with Crippen molar-refractivity contribution >= 4 is 0 Å². The van der Waals surface area contributed by atoms with Gasteiger partial charge in [0.1, 0.15) is 0 Å². The lowest BCUT2D eigenvalue weighted by molar-refractivity contribution is 0.0170. The van der Waals surface area contributed by atoms with Gasteiger partial charge in [-0.25, -0.2) is 8.78 Å². The molecule has 3 nitrogen and oxygen atoms in total. The number of hydrogen-bond acceptors (Lipinski definition) is 3. The first-order chi connectivity index (χ1) is 9.26. The van der Waals surface area contributed by atoms with Crippen molar-refractivity contribution in [3.05, 3.63) is 23.3 Å². The Hall–Kier alpha value is -1.36. The number of halogens is 2. The highest BCUT2D eigenvalue weighted by Gasteiger charge is 2.50. The van der Waals surface area contributed by atoms with Gasteiger partial charge in [0, 0.05) is 29.5 Å². The van der Waals surface area contributed by atoms with E-state index in [1.165, 1.54) is 26.4 Å². The van der Waals surface area contributed by atoms with Gasteiger partial charge < -0.3 is 15.2 Å². The molecular weight excluding hydrogens is 264 g/mol. The number of benzene rings is 1. The molecule has 0 bridgehead atoms. The third-order valence-corrected chi connectivity index (χ3v) is 4.18. The molecule has 1 unspecified atom stereocenters. The quantitative estimate of drug-likeness (QED) is 0.903. The van der Waals surface area contributed by atoms with Gasteiger partial charge in [0.25, 0.3) is 5.92 Å². The van der Waals surface area contributed by atoms with Crippen LogP contribution in [0.5, 0.6) is 11.5 Å². The molecule has 1 aliphatic rings. The van der Waals surface area contributed by atoms with E-state index in [4.69, 9.17) is 15.2 Å². The highest BCUT2D eigenvalue weighted by atomic mass is 19.3. The van der Waals surface area contributed by atoms with Crippen LogP contribution in [0.25, 0.3) is 0 Å². The van der Waals surface area contributed by atoms with E-state index in [0.717, 1.165) is 25.3 Å². The van der Waals surface area contributed by atoms with Crippen molar-refractivity contribution in [1.29, 1.82) is 0 Å². The molecule has 0 saturated heterocycles. The normalized spacial score (nSPS) is 18.6. The van der Waals surface area contributed by atoms with E-state index < -0.39 is 5.92 Å². The molecule has 2 rings (SSSR count). The zero-order valence-electron chi connectivity index (χ0n) is 12.3. The number of hydrogen-bond donors (Lipinski definition) is 1. The topological polar surface area (TPSA) is 44.5 Å². The van der Waals surface area contributed by atoms with Gasteiger partial charge in [0.05, 0.1) is 14.2 Å². The van der Waals surface area contributed by atoms with E-state index in [1.807, 2.05) is 6.92 Å². The molecule has 0 aromatic heterocycles. The Morgan fingerprint density at radius 3 is 2.20 bits per heavy atom. The van der Waals surface area contributed by atoms with E-state index in [9.17, 15) is 8.78 Å². The summed E-state index contributed by atoms with van der Waals surface area (Å²) in [6, 6.07) is 2.72. The van der Waals surface area contributed by atoms with E-state index in [0.29, 0.717) is 11.5 Å². The number of alkyl halides is 2. The van der Waals surface area contributed by atoms with Crippen LogP contribution in [-0.4, -0.2) is 20.3 Å². The minimum Gasteiger partial charge on any atom is -0.493 e. The fraction of sp³-hybridized carbons (Fsp3) is 0.600. The molecule has 5 heteroatoms. The Labute approximate surface area is 118 Å². The van der Waals surface area contributed by atoms with Crippen molar-refractivity contribution in [2.75, 3.05) is 14.2 Å². The lowest BCUT2D eigenvalue weighted by atomic mass is 9.86. The SMILES string of the molecule is COc1cc(C(C)(F)F)cc(C2(C(C)N)CC2)c1OC. The van der Waals surface area contributed by atoms with Crippen LogP contribution in [0, 0.1) is 0 Å². The van der Waals surface area contributed by atoms with Crippen molar-refractivity contribution in [1.82, 2.24) is 0 Å². The van der Waals surface area contributed by atoms with Crippen molar-refractivity contribution in [3.8, 4) is 11.5 Å². The maximum atomic E-state index is 13.7. The fourth-order valence-electron chi connectivity index (χ4n) is 2.69. The van der Waals surface area contributed by atoms with Gasteiger partial charge in [-0.05, 0) is 31.9 Å². The Balaban J connectivity index is 2.65. The summed E-state index contributed by atoms with van der Waals surface area (Å²) >= 11 is 0. The smallest absolute Gasteiger partial charge is 0.270 e.